The van der Waals surface area contributed by atoms with E-state index in [9.17, 15) is 13.2 Å². The first-order valence-electron chi connectivity index (χ1n) is 6.96. The first-order chi connectivity index (χ1) is 9.70. The van der Waals surface area contributed by atoms with Crippen molar-refractivity contribution in [3.8, 4) is 0 Å². The molecule has 0 aliphatic heterocycles. The van der Waals surface area contributed by atoms with Crippen molar-refractivity contribution in [2.75, 3.05) is 18.0 Å². The molecule has 1 unspecified atom stereocenters. The monoisotopic (exact) mass is 318 g/mol. The Kier molecular flexibility index (Phi) is 6.01. The van der Waals surface area contributed by atoms with Crippen LogP contribution < -0.4 is 10.6 Å². The van der Waals surface area contributed by atoms with Crippen LogP contribution in [0, 0.1) is 5.92 Å². The molecule has 0 aliphatic carbocycles. The third-order valence-electron chi connectivity index (χ3n) is 3.54. The number of benzene rings is 1. The number of rotatable bonds is 6. The standard InChI is InChI=1S/C15H21F3N2S/c1-4-10(3)9-20(5-2)13-7-6-11(15(16,17)18)8-12(13)14(19)21/h6-8,10H,4-5,9H2,1-3H3,(H2,19,21). The molecule has 0 amide bonds. The van der Waals surface area contributed by atoms with E-state index in [1.54, 1.807) is 0 Å². The molecule has 0 saturated heterocycles. The van der Waals surface area contributed by atoms with Gasteiger partial charge in [-0.2, -0.15) is 13.2 Å². The number of alkyl halides is 3. The molecule has 0 bridgehead atoms. The zero-order valence-corrected chi connectivity index (χ0v) is 13.3. The first kappa shape index (κ1) is 17.8. The van der Waals surface area contributed by atoms with Gasteiger partial charge in [0.15, 0.2) is 0 Å². The molecule has 1 aromatic carbocycles. The van der Waals surface area contributed by atoms with Crippen molar-refractivity contribution < 1.29 is 13.2 Å². The minimum absolute atomic E-state index is 0.0151. The average molecular weight is 318 g/mol. The number of hydrogen-bond donors (Lipinski definition) is 1. The molecule has 0 spiro atoms. The zero-order chi connectivity index (χ0) is 16.2. The molecule has 2 N–H and O–H groups in total. The summed E-state index contributed by atoms with van der Waals surface area (Å²) in [6.07, 6.45) is -3.40. The number of anilines is 1. The Morgan fingerprint density at radius 2 is 1.95 bits per heavy atom. The van der Waals surface area contributed by atoms with Gasteiger partial charge in [0.25, 0.3) is 0 Å². The van der Waals surface area contributed by atoms with Crippen molar-refractivity contribution in [1.29, 1.82) is 0 Å². The van der Waals surface area contributed by atoms with Gasteiger partial charge < -0.3 is 10.6 Å². The molecule has 118 valence electrons. The molecule has 0 aliphatic rings. The van der Waals surface area contributed by atoms with E-state index < -0.39 is 11.7 Å². The van der Waals surface area contributed by atoms with Gasteiger partial charge in [0, 0.05) is 24.3 Å². The van der Waals surface area contributed by atoms with Crippen molar-refractivity contribution >= 4 is 22.9 Å². The van der Waals surface area contributed by atoms with Crippen molar-refractivity contribution in [3.05, 3.63) is 29.3 Å². The molecule has 0 aromatic heterocycles. The highest BCUT2D eigenvalue weighted by Crippen LogP contribution is 2.33. The van der Waals surface area contributed by atoms with Crippen LogP contribution in [0.1, 0.15) is 38.3 Å². The molecule has 6 heteroatoms. The van der Waals surface area contributed by atoms with Gasteiger partial charge in [0.1, 0.15) is 4.99 Å². The highest BCUT2D eigenvalue weighted by atomic mass is 32.1. The van der Waals surface area contributed by atoms with E-state index in [1.807, 2.05) is 11.8 Å². The highest BCUT2D eigenvalue weighted by molar-refractivity contribution is 7.80. The molecule has 0 heterocycles. The van der Waals surface area contributed by atoms with E-state index in [2.05, 4.69) is 13.8 Å². The summed E-state index contributed by atoms with van der Waals surface area (Å²) in [5, 5.41) is 0. The van der Waals surface area contributed by atoms with Gasteiger partial charge in [0.05, 0.1) is 5.56 Å². The van der Waals surface area contributed by atoms with Gasteiger partial charge in [0.2, 0.25) is 0 Å². The Labute approximate surface area is 129 Å². The zero-order valence-electron chi connectivity index (χ0n) is 12.5. The first-order valence-corrected chi connectivity index (χ1v) is 7.37. The molecule has 1 aromatic rings. The van der Waals surface area contributed by atoms with Crippen molar-refractivity contribution in [3.63, 3.8) is 0 Å². The fraction of sp³-hybridized carbons (Fsp3) is 0.533. The van der Waals surface area contributed by atoms with Crippen molar-refractivity contribution in [2.45, 2.75) is 33.4 Å². The van der Waals surface area contributed by atoms with Gasteiger partial charge in [-0.3, -0.25) is 0 Å². The summed E-state index contributed by atoms with van der Waals surface area (Å²) in [4.78, 5) is 2.00. The summed E-state index contributed by atoms with van der Waals surface area (Å²) >= 11 is 4.92. The Morgan fingerprint density at radius 1 is 1.33 bits per heavy atom. The highest BCUT2D eigenvalue weighted by Gasteiger charge is 2.31. The number of thiocarbonyl (C=S) groups is 1. The Bertz CT molecular complexity index is 500. The number of nitrogens with zero attached hydrogens (tertiary/aromatic N) is 1. The lowest BCUT2D eigenvalue weighted by molar-refractivity contribution is -0.137. The molecule has 1 atom stereocenters. The second kappa shape index (κ2) is 7.11. The van der Waals surface area contributed by atoms with Gasteiger partial charge in [-0.05, 0) is 31.0 Å². The Hall–Kier alpha value is -1.30. The Morgan fingerprint density at radius 3 is 2.38 bits per heavy atom. The minimum Gasteiger partial charge on any atom is -0.389 e. The van der Waals surface area contributed by atoms with Gasteiger partial charge in [-0.15, -0.1) is 0 Å². The molecule has 0 fully saturated rings. The lowest BCUT2D eigenvalue weighted by atomic mass is 10.0. The van der Waals surface area contributed by atoms with Crippen LogP contribution in [0.4, 0.5) is 18.9 Å². The van der Waals surface area contributed by atoms with E-state index in [4.69, 9.17) is 18.0 Å². The van der Waals surface area contributed by atoms with E-state index in [1.165, 1.54) is 6.07 Å². The predicted molar refractivity (Wildman–Crippen MR) is 84.7 cm³/mol. The number of halogens is 3. The quantitative estimate of drug-likeness (QED) is 0.797. The van der Waals surface area contributed by atoms with Crippen LogP contribution >= 0.6 is 12.2 Å². The average Bonchev–Trinajstić information content (AvgIpc) is 2.42. The normalized spacial score (nSPS) is 13.0. The van der Waals surface area contributed by atoms with Gasteiger partial charge in [-0.25, -0.2) is 0 Å². The van der Waals surface area contributed by atoms with E-state index in [0.717, 1.165) is 25.1 Å². The van der Waals surface area contributed by atoms with Crippen molar-refractivity contribution in [1.82, 2.24) is 0 Å². The predicted octanol–water partition coefficient (Wildman–Crippen LogP) is 4.21. The molecular weight excluding hydrogens is 297 g/mol. The summed E-state index contributed by atoms with van der Waals surface area (Å²) in [6, 6.07) is 3.58. The van der Waals surface area contributed by atoms with Gasteiger partial charge >= 0.3 is 6.18 Å². The maximum absolute atomic E-state index is 12.8. The molecule has 2 nitrogen and oxygen atoms in total. The third kappa shape index (κ3) is 4.59. The SMILES string of the molecule is CCC(C)CN(CC)c1ccc(C(F)(F)F)cc1C(N)=S. The summed E-state index contributed by atoms with van der Waals surface area (Å²) in [5.41, 5.74) is 5.84. The lowest BCUT2D eigenvalue weighted by Crippen LogP contribution is -2.30. The van der Waals surface area contributed by atoms with Crippen LogP contribution in [0.15, 0.2) is 18.2 Å². The lowest BCUT2D eigenvalue weighted by Gasteiger charge is -2.28. The summed E-state index contributed by atoms with van der Waals surface area (Å²) in [7, 11) is 0. The van der Waals surface area contributed by atoms with Crippen LogP contribution in [0.3, 0.4) is 0 Å². The van der Waals surface area contributed by atoms with E-state index in [0.29, 0.717) is 18.2 Å². The maximum Gasteiger partial charge on any atom is 0.416 e. The van der Waals surface area contributed by atoms with Crippen LogP contribution in [0.2, 0.25) is 0 Å². The molecular formula is C15H21F3N2S. The molecule has 0 radical (unpaired) electrons. The second-order valence-electron chi connectivity index (χ2n) is 5.15. The van der Waals surface area contributed by atoms with Crippen LogP contribution in [-0.4, -0.2) is 18.1 Å². The van der Waals surface area contributed by atoms with E-state index in [-0.39, 0.29) is 10.6 Å². The van der Waals surface area contributed by atoms with Gasteiger partial charge in [-0.1, -0.05) is 32.5 Å². The third-order valence-corrected chi connectivity index (χ3v) is 3.76. The van der Waals surface area contributed by atoms with Crippen LogP contribution in [-0.2, 0) is 6.18 Å². The second-order valence-corrected chi connectivity index (χ2v) is 5.59. The largest absolute Gasteiger partial charge is 0.416 e. The molecule has 1 rings (SSSR count). The maximum atomic E-state index is 12.8. The number of nitrogens with two attached hydrogens (primary N) is 1. The summed E-state index contributed by atoms with van der Waals surface area (Å²) in [5.74, 6) is 0.437. The smallest absolute Gasteiger partial charge is 0.389 e. The Balaban J connectivity index is 3.25. The van der Waals surface area contributed by atoms with E-state index >= 15 is 0 Å². The topological polar surface area (TPSA) is 29.3 Å². The summed E-state index contributed by atoms with van der Waals surface area (Å²) in [6.45, 7) is 7.59. The fourth-order valence-corrected chi connectivity index (χ4v) is 2.25. The fourth-order valence-electron chi connectivity index (χ4n) is 2.09. The molecule has 0 saturated carbocycles. The van der Waals surface area contributed by atoms with Crippen LogP contribution in [0.25, 0.3) is 0 Å². The van der Waals surface area contributed by atoms with Crippen molar-refractivity contribution in [2.24, 2.45) is 11.7 Å². The summed E-state index contributed by atoms with van der Waals surface area (Å²) < 4.78 is 38.4. The molecule has 21 heavy (non-hydrogen) atoms. The number of hydrogen-bond acceptors (Lipinski definition) is 2. The van der Waals surface area contributed by atoms with Crippen LogP contribution in [0.5, 0.6) is 0 Å². The minimum atomic E-state index is -4.40.